The molecule has 1 aromatic carbocycles. The molecule has 4 nitrogen and oxygen atoms in total. The molecule has 1 saturated heterocycles. The van der Waals surface area contributed by atoms with E-state index in [0.29, 0.717) is 17.4 Å². The van der Waals surface area contributed by atoms with E-state index in [-0.39, 0.29) is 5.91 Å². The van der Waals surface area contributed by atoms with Crippen LogP contribution in [0.4, 0.5) is 11.4 Å². The number of nitrogens with one attached hydrogen (secondary N) is 1. The maximum Gasteiger partial charge on any atom is 0.224 e. The molecule has 2 aliphatic carbocycles. The Kier molecular flexibility index (Phi) is 4.68. The molecule has 1 N–H and O–H groups in total. The van der Waals surface area contributed by atoms with Gasteiger partial charge < -0.3 is 15.0 Å². The third kappa shape index (κ3) is 3.40. The largest absolute Gasteiger partial charge is 0.378 e. The first kappa shape index (κ1) is 16.2. The van der Waals surface area contributed by atoms with E-state index in [1.807, 2.05) is 18.2 Å². The molecule has 3 fully saturated rings. The van der Waals surface area contributed by atoms with Crippen LogP contribution in [-0.2, 0) is 9.53 Å². The summed E-state index contributed by atoms with van der Waals surface area (Å²) in [6, 6.07) is 5.82. The Morgan fingerprint density at radius 3 is 2.75 bits per heavy atom. The van der Waals surface area contributed by atoms with Gasteiger partial charge in [0.25, 0.3) is 0 Å². The van der Waals surface area contributed by atoms with Crippen molar-refractivity contribution >= 4 is 28.9 Å². The van der Waals surface area contributed by atoms with E-state index in [1.165, 1.54) is 25.7 Å². The van der Waals surface area contributed by atoms with Crippen molar-refractivity contribution in [2.45, 2.75) is 32.1 Å². The lowest BCUT2D eigenvalue weighted by molar-refractivity contribution is -0.117. The minimum Gasteiger partial charge on any atom is -0.378 e. The molecule has 3 atom stereocenters. The second kappa shape index (κ2) is 6.93. The normalized spacial score (nSPS) is 29.0. The van der Waals surface area contributed by atoms with E-state index < -0.39 is 0 Å². The molecule has 1 aromatic rings. The molecule has 0 radical (unpaired) electrons. The van der Waals surface area contributed by atoms with E-state index in [1.54, 1.807) is 0 Å². The van der Waals surface area contributed by atoms with E-state index >= 15 is 0 Å². The van der Waals surface area contributed by atoms with Gasteiger partial charge >= 0.3 is 0 Å². The van der Waals surface area contributed by atoms with Crippen LogP contribution in [0.25, 0.3) is 0 Å². The highest BCUT2D eigenvalue weighted by atomic mass is 35.5. The second-order valence-corrected chi connectivity index (χ2v) is 7.86. The van der Waals surface area contributed by atoms with Gasteiger partial charge in [0.15, 0.2) is 0 Å². The fourth-order valence-electron chi connectivity index (χ4n) is 4.72. The zero-order valence-corrected chi connectivity index (χ0v) is 14.7. The number of hydrogen-bond donors (Lipinski definition) is 1. The van der Waals surface area contributed by atoms with Crippen LogP contribution in [0, 0.1) is 17.8 Å². The quantitative estimate of drug-likeness (QED) is 0.896. The maximum atomic E-state index is 12.4. The smallest absolute Gasteiger partial charge is 0.224 e. The monoisotopic (exact) mass is 348 g/mol. The number of carbonyl (C=O) groups is 1. The molecule has 1 aliphatic heterocycles. The first-order chi connectivity index (χ1) is 11.7. The standard InChI is InChI=1S/C19H25ClN2O2/c20-17-12-16(3-4-18(17)22-5-7-24-8-6-22)21-19(23)11-15-10-13-1-2-14(15)9-13/h3-4,12-15H,1-2,5-11H2,(H,21,23). The Hall–Kier alpha value is -1.26. The van der Waals surface area contributed by atoms with Gasteiger partial charge in [0.1, 0.15) is 0 Å². The van der Waals surface area contributed by atoms with Crippen molar-refractivity contribution in [3.63, 3.8) is 0 Å². The van der Waals surface area contributed by atoms with Crippen molar-refractivity contribution in [1.29, 1.82) is 0 Å². The molecule has 24 heavy (non-hydrogen) atoms. The SMILES string of the molecule is O=C(CC1CC2CCC1C2)Nc1ccc(N2CCOCC2)c(Cl)c1. The van der Waals surface area contributed by atoms with Crippen LogP contribution in [0.2, 0.25) is 5.02 Å². The van der Waals surface area contributed by atoms with Gasteiger partial charge in [-0.15, -0.1) is 0 Å². The van der Waals surface area contributed by atoms with Gasteiger partial charge in [-0.2, -0.15) is 0 Å². The van der Waals surface area contributed by atoms with Crippen LogP contribution in [0.3, 0.4) is 0 Å². The number of hydrogen-bond acceptors (Lipinski definition) is 3. The Morgan fingerprint density at radius 2 is 2.08 bits per heavy atom. The van der Waals surface area contributed by atoms with Crippen LogP contribution in [-0.4, -0.2) is 32.2 Å². The highest BCUT2D eigenvalue weighted by Gasteiger charge is 2.40. The summed E-state index contributed by atoms with van der Waals surface area (Å²) in [6.45, 7) is 3.18. The van der Waals surface area contributed by atoms with Gasteiger partial charge in [-0.3, -0.25) is 4.79 Å². The maximum absolute atomic E-state index is 12.4. The number of fused-ring (bicyclic) bond motifs is 2. The van der Waals surface area contributed by atoms with Crippen LogP contribution in [0.5, 0.6) is 0 Å². The lowest BCUT2D eigenvalue weighted by Gasteiger charge is -2.29. The average Bonchev–Trinajstić information content (AvgIpc) is 3.18. The zero-order chi connectivity index (χ0) is 16.5. The third-order valence-corrected chi connectivity index (χ3v) is 6.22. The number of rotatable bonds is 4. The summed E-state index contributed by atoms with van der Waals surface area (Å²) in [6.07, 6.45) is 5.95. The number of amides is 1. The minimum absolute atomic E-state index is 0.128. The van der Waals surface area contributed by atoms with Crippen LogP contribution in [0.1, 0.15) is 32.1 Å². The fraction of sp³-hybridized carbons (Fsp3) is 0.632. The number of ether oxygens (including phenoxy) is 1. The number of nitrogens with zero attached hydrogens (tertiary/aromatic N) is 1. The lowest BCUT2D eigenvalue weighted by Crippen LogP contribution is -2.36. The molecule has 0 aromatic heterocycles. The highest BCUT2D eigenvalue weighted by Crippen LogP contribution is 2.49. The average molecular weight is 349 g/mol. The van der Waals surface area contributed by atoms with Gasteiger partial charge in [0.05, 0.1) is 23.9 Å². The first-order valence-corrected chi connectivity index (χ1v) is 9.49. The van der Waals surface area contributed by atoms with Crippen molar-refractivity contribution in [1.82, 2.24) is 0 Å². The number of carbonyl (C=O) groups excluding carboxylic acids is 1. The molecule has 1 amide bonds. The molecule has 130 valence electrons. The van der Waals surface area contributed by atoms with E-state index in [0.717, 1.165) is 49.5 Å². The van der Waals surface area contributed by atoms with Crippen molar-refractivity contribution in [2.24, 2.45) is 17.8 Å². The number of halogens is 1. The number of benzene rings is 1. The molecule has 1 heterocycles. The molecule has 3 unspecified atom stereocenters. The van der Waals surface area contributed by atoms with Gasteiger partial charge in [-0.05, 0) is 55.2 Å². The summed E-state index contributed by atoms with van der Waals surface area (Å²) in [4.78, 5) is 14.6. The molecule has 5 heteroatoms. The number of anilines is 2. The van der Waals surface area contributed by atoms with Crippen molar-refractivity contribution in [3.8, 4) is 0 Å². The third-order valence-electron chi connectivity index (χ3n) is 5.92. The summed E-state index contributed by atoms with van der Waals surface area (Å²) in [5.74, 6) is 2.39. The van der Waals surface area contributed by atoms with E-state index in [2.05, 4.69) is 10.2 Å². The lowest BCUT2D eigenvalue weighted by atomic mass is 9.86. The van der Waals surface area contributed by atoms with Gasteiger partial charge in [0.2, 0.25) is 5.91 Å². The zero-order valence-electron chi connectivity index (χ0n) is 14.0. The molecule has 2 bridgehead atoms. The molecule has 4 rings (SSSR count). The van der Waals surface area contributed by atoms with E-state index in [9.17, 15) is 4.79 Å². The molecule has 2 saturated carbocycles. The summed E-state index contributed by atoms with van der Waals surface area (Å²) < 4.78 is 5.38. The molecule has 3 aliphatic rings. The molecular formula is C19H25ClN2O2. The summed E-state index contributed by atoms with van der Waals surface area (Å²) in [7, 11) is 0. The van der Waals surface area contributed by atoms with Gasteiger partial charge in [-0.1, -0.05) is 18.0 Å². The summed E-state index contributed by atoms with van der Waals surface area (Å²) in [5, 5.41) is 3.72. The Balaban J connectivity index is 1.36. The van der Waals surface area contributed by atoms with Crippen molar-refractivity contribution in [2.75, 3.05) is 36.5 Å². The predicted octanol–water partition coefficient (Wildman–Crippen LogP) is 3.94. The predicted molar refractivity (Wildman–Crippen MR) is 96.7 cm³/mol. The van der Waals surface area contributed by atoms with Crippen molar-refractivity contribution in [3.05, 3.63) is 23.2 Å². The Morgan fingerprint density at radius 1 is 1.25 bits per heavy atom. The molecular weight excluding hydrogens is 324 g/mol. The molecule has 0 spiro atoms. The van der Waals surface area contributed by atoms with Gasteiger partial charge in [-0.25, -0.2) is 0 Å². The van der Waals surface area contributed by atoms with Crippen LogP contribution < -0.4 is 10.2 Å². The fourth-order valence-corrected chi connectivity index (χ4v) is 5.02. The Labute approximate surface area is 148 Å². The van der Waals surface area contributed by atoms with Gasteiger partial charge in [0, 0.05) is 25.2 Å². The summed E-state index contributed by atoms with van der Waals surface area (Å²) >= 11 is 6.43. The topological polar surface area (TPSA) is 41.6 Å². The highest BCUT2D eigenvalue weighted by molar-refractivity contribution is 6.33. The number of morpholine rings is 1. The first-order valence-electron chi connectivity index (χ1n) is 9.11. The van der Waals surface area contributed by atoms with Crippen LogP contribution >= 0.6 is 11.6 Å². The van der Waals surface area contributed by atoms with Crippen LogP contribution in [0.15, 0.2) is 18.2 Å². The second-order valence-electron chi connectivity index (χ2n) is 7.45. The van der Waals surface area contributed by atoms with Crippen molar-refractivity contribution < 1.29 is 9.53 Å². The minimum atomic E-state index is 0.128. The summed E-state index contributed by atoms with van der Waals surface area (Å²) in [5.41, 5.74) is 1.82. The van der Waals surface area contributed by atoms with E-state index in [4.69, 9.17) is 16.3 Å². The Bertz CT molecular complexity index is 615.